The van der Waals surface area contributed by atoms with E-state index in [1.807, 2.05) is 0 Å². The summed E-state index contributed by atoms with van der Waals surface area (Å²) in [6, 6.07) is 0. The van der Waals surface area contributed by atoms with Gasteiger partial charge in [0.15, 0.2) is 0 Å². The van der Waals surface area contributed by atoms with E-state index in [-0.39, 0.29) is 5.60 Å². The summed E-state index contributed by atoms with van der Waals surface area (Å²) in [5.41, 5.74) is 4.03. The molecule has 0 unspecified atom stereocenters. The zero-order valence-electron chi connectivity index (χ0n) is 13.6. The van der Waals surface area contributed by atoms with Crippen molar-refractivity contribution in [3.8, 4) is 0 Å². The summed E-state index contributed by atoms with van der Waals surface area (Å²) in [4.78, 5) is 0. The normalized spacial score (nSPS) is 22.9. The molecule has 0 aromatic heterocycles. The lowest BCUT2D eigenvalue weighted by Gasteiger charge is -2.25. The minimum absolute atomic E-state index is 0.167. The number of ether oxygens (including phenoxy) is 1. The highest BCUT2D eigenvalue weighted by molar-refractivity contribution is 8.17. The lowest BCUT2D eigenvalue weighted by Crippen LogP contribution is -2.19. The lowest BCUT2D eigenvalue weighted by molar-refractivity contribution is 0.0570. The van der Waals surface area contributed by atoms with Gasteiger partial charge in [-0.25, -0.2) is 0 Å². The minimum Gasteiger partial charge on any atom is -0.488 e. The van der Waals surface area contributed by atoms with Crippen LogP contribution in [0.2, 0.25) is 0 Å². The van der Waals surface area contributed by atoms with Crippen LogP contribution in [0.15, 0.2) is 58.9 Å². The van der Waals surface area contributed by atoms with Crippen LogP contribution in [-0.2, 0) is 4.74 Å². The van der Waals surface area contributed by atoms with E-state index in [4.69, 9.17) is 4.74 Å². The van der Waals surface area contributed by atoms with Gasteiger partial charge >= 0.3 is 0 Å². The third kappa shape index (κ3) is 3.94. The van der Waals surface area contributed by atoms with Gasteiger partial charge in [-0.1, -0.05) is 30.4 Å². The zero-order chi connectivity index (χ0) is 15.6. The first-order valence-electron chi connectivity index (χ1n) is 7.94. The molecule has 0 aromatic carbocycles. The topological polar surface area (TPSA) is 9.23 Å². The monoisotopic (exact) mass is 332 g/mol. The third-order valence-corrected chi connectivity index (χ3v) is 6.66. The molecule has 118 valence electrons. The van der Waals surface area contributed by atoms with Crippen LogP contribution in [0.4, 0.5) is 0 Å². The van der Waals surface area contributed by atoms with Crippen molar-refractivity contribution in [2.24, 2.45) is 0 Å². The van der Waals surface area contributed by atoms with E-state index < -0.39 is 0 Å². The smallest absolute Gasteiger partial charge is 0.123 e. The Morgan fingerprint density at radius 3 is 2.32 bits per heavy atom. The molecule has 0 aromatic rings. The van der Waals surface area contributed by atoms with Crippen LogP contribution in [0.25, 0.3) is 0 Å². The number of rotatable bonds is 2. The lowest BCUT2D eigenvalue weighted by atomic mass is 10.0. The Bertz CT molecular complexity index is 579. The van der Waals surface area contributed by atoms with Gasteiger partial charge in [-0.15, -0.1) is 23.5 Å². The van der Waals surface area contributed by atoms with Gasteiger partial charge in [-0.2, -0.15) is 0 Å². The molecule has 1 aliphatic heterocycles. The van der Waals surface area contributed by atoms with Crippen LogP contribution in [0.1, 0.15) is 33.6 Å². The average Bonchev–Trinajstić information content (AvgIpc) is 2.80. The molecule has 1 heterocycles. The highest BCUT2D eigenvalue weighted by atomic mass is 32.2. The molecular formula is C19H24OS2. The molecule has 1 nitrogen and oxygen atoms in total. The van der Waals surface area contributed by atoms with E-state index in [1.54, 1.807) is 0 Å². The van der Waals surface area contributed by atoms with Gasteiger partial charge in [0.25, 0.3) is 0 Å². The zero-order valence-corrected chi connectivity index (χ0v) is 15.2. The molecule has 0 saturated carbocycles. The Labute approximate surface area is 142 Å². The van der Waals surface area contributed by atoms with Crippen molar-refractivity contribution in [3.63, 3.8) is 0 Å². The minimum atomic E-state index is -0.167. The Morgan fingerprint density at radius 1 is 0.955 bits per heavy atom. The van der Waals surface area contributed by atoms with Crippen LogP contribution in [0.5, 0.6) is 0 Å². The Morgan fingerprint density at radius 2 is 1.64 bits per heavy atom. The first kappa shape index (κ1) is 16.1. The van der Waals surface area contributed by atoms with Crippen LogP contribution < -0.4 is 0 Å². The second-order valence-corrected chi connectivity index (χ2v) is 9.46. The highest BCUT2D eigenvalue weighted by Gasteiger charge is 2.26. The summed E-state index contributed by atoms with van der Waals surface area (Å²) in [6.07, 6.45) is 15.5. The molecule has 0 N–H and O–H groups in total. The second-order valence-electron chi connectivity index (χ2n) is 6.74. The number of hydrogen-bond donors (Lipinski definition) is 0. The van der Waals surface area contributed by atoms with Crippen molar-refractivity contribution in [1.82, 2.24) is 0 Å². The van der Waals surface area contributed by atoms with E-state index in [1.165, 1.54) is 34.6 Å². The standard InChI is InChI=1S/C19H24OS2/c1-19(2,3)20-17-10-9-16(18-21-11-6-12-22-18)14-7-4-5-8-15(17)13-14/h4-5,7-10,18H,6,11-13H2,1-3H3. The van der Waals surface area contributed by atoms with Crippen LogP contribution >= 0.6 is 23.5 Å². The Balaban J connectivity index is 1.94. The van der Waals surface area contributed by atoms with Crippen molar-refractivity contribution in [2.75, 3.05) is 11.5 Å². The van der Waals surface area contributed by atoms with E-state index in [9.17, 15) is 0 Å². The molecule has 0 radical (unpaired) electrons. The molecule has 3 rings (SSSR count). The maximum atomic E-state index is 6.21. The van der Waals surface area contributed by atoms with E-state index >= 15 is 0 Å². The molecule has 1 saturated heterocycles. The predicted molar refractivity (Wildman–Crippen MR) is 100 cm³/mol. The first-order valence-corrected chi connectivity index (χ1v) is 10.0. The van der Waals surface area contributed by atoms with Crippen molar-refractivity contribution in [1.29, 1.82) is 0 Å². The summed E-state index contributed by atoms with van der Waals surface area (Å²) >= 11 is 4.17. The molecule has 3 heteroatoms. The van der Waals surface area contributed by atoms with Crippen molar-refractivity contribution < 1.29 is 4.74 Å². The van der Waals surface area contributed by atoms with Crippen LogP contribution in [-0.4, -0.2) is 21.7 Å². The molecule has 2 bridgehead atoms. The fourth-order valence-electron chi connectivity index (χ4n) is 2.74. The summed E-state index contributed by atoms with van der Waals surface area (Å²) in [6.45, 7) is 6.33. The number of hydrogen-bond acceptors (Lipinski definition) is 3. The fraction of sp³-hybridized carbons (Fsp3) is 0.474. The molecule has 1 fully saturated rings. The van der Waals surface area contributed by atoms with Crippen molar-refractivity contribution in [2.45, 2.75) is 43.8 Å². The summed E-state index contributed by atoms with van der Waals surface area (Å²) in [5.74, 6) is 3.57. The summed E-state index contributed by atoms with van der Waals surface area (Å²) in [7, 11) is 0. The molecule has 0 spiro atoms. The van der Waals surface area contributed by atoms with E-state index in [0.29, 0.717) is 4.58 Å². The maximum Gasteiger partial charge on any atom is 0.123 e. The van der Waals surface area contributed by atoms with Crippen LogP contribution in [0, 0.1) is 0 Å². The molecular weight excluding hydrogens is 308 g/mol. The van der Waals surface area contributed by atoms with Crippen LogP contribution in [0.3, 0.4) is 0 Å². The second kappa shape index (κ2) is 6.76. The van der Waals surface area contributed by atoms with Crippen molar-refractivity contribution >= 4 is 23.5 Å². The van der Waals surface area contributed by atoms with E-state index in [2.05, 4.69) is 80.8 Å². The predicted octanol–water partition coefficient (Wildman–Crippen LogP) is 5.63. The molecule has 0 atom stereocenters. The fourth-order valence-corrected chi connectivity index (χ4v) is 5.75. The Kier molecular flexibility index (Phi) is 4.94. The largest absolute Gasteiger partial charge is 0.488 e. The van der Waals surface area contributed by atoms with Gasteiger partial charge in [0.05, 0.1) is 4.58 Å². The number of allylic oxidation sites excluding steroid dienone is 8. The summed E-state index contributed by atoms with van der Waals surface area (Å²) < 4.78 is 6.78. The summed E-state index contributed by atoms with van der Waals surface area (Å²) in [5, 5.41) is 0. The molecule has 0 amide bonds. The van der Waals surface area contributed by atoms with Gasteiger partial charge in [0, 0.05) is 6.42 Å². The quantitative estimate of drug-likeness (QED) is 0.648. The van der Waals surface area contributed by atoms with Gasteiger partial charge in [0.2, 0.25) is 0 Å². The highest BCUT2D eigenvalue weighted by Crippen LogP contribution is 2.42. The Hall–Kier alpha value is -0.800. The average molecular weight is 333 g/mol. The SMILES string of the molecule is CC(C)(C)OC1=CC=C(C2SCCCS2)C2=CC=CC=C1C2. The molecule has 2 aliphatic carbocycles. The van der Waals surface area contributed by atoms with E-state index in [0.717, 1.165) is 12.2 Å². The van der Waals surface area contributed by atoms with Gasteiger partial charge in [0.1, 0.15) is 11.4 Å². The number of thioether (sulfide) groups is 2. The first-order chi connectivity index (χ1) is 10.5. The third-order valence-electron chi connectivity index (χ3n) is 3.69. The maximum absolute atomic E-state index is 6.21. The van der Waals surface area contributed by atoms with Gasteiger partial charge < -0.3 is 4.74 Å². The molecule has 22 heavy (non-hydrogen) atoms. The van der Waals surface area contributed by atoms with Gasteiger partial charge in [-0.05, 0) is 61.5 Å². The van der Waals surface area contributed by atoms with Gasteiger partial charge in [-0.3, -0.25) is 0 Å². The van der Waals surface area contributed by atoms with Crippen molar-refractivity contribution in [3.05, 3.63) is 58.9 Å². The molecule has 3 aliphatic rings. The number of fused-ring (bicyclic) bond motifs is 2.